The SMILES string of the molecule is CC1(C)CCC(Oc2ncc(N)cc2C(=O)O)CC1. The quantitative estimate of drug-likeness (QED) is 0.876. The molecule has 2 rings (SSSR count). The Morgan fingerprint density at radius 3 is 2.68 bits per heavy atom. The maximum absolute atomic E-state index is 11.1. The zero-order valence-electron chi connectivity index (χ0n) is 11.3. The molecule has 1 aromatic rings. The average Bonchev–Trinajstić information content (AvgIpc) is 2.33. The van der Waals surface area contributed by atoms with Crippen molar-refractivity contribution in [2.24, 2.45) is 5.41 Å². The Bertz CT molecular complexity index is 476. The van der Waals surface area contributed by atoms with Gasteiger partial charge in [0, 0.05) is 0 Å². The molecule has 3 N–H and O–H groups in total. The van der Waals surface area contributed by atoms with Crippen LogP contribution in [0.1, 0.15) is 49.9 Å². The Kier molecular flexibility index (Phi) is 3.64. The van der Waals surface area contributed by atoms with Crippen LogP contribution in [0, 0.1) is 5.41 Å². The monoisotopic (exact) mass is 264 g/mol. The number of carboxylic acids is 1. The van der Waals surface area contributed by atoms with Crippen molar-refractivity contribution in [3.05, 3.63) is 17.8 Å². The van der Waals surface area contributed by atoms with Crippen LogP contribution < -0.4 is 10.5 Å². The highest BCUT2D eigenvalue weighted by Crippen LogP contribution is 2.36. The lowest BCUT2D eigenvalue weighted by Crippen LogP contribution is -2.29. The fourth-order valence-electron chi connectivity index (χ4n) is 2.36. The van der Waals surface area contributed by atoms with Crippen LogP contribution in [0.4, 0.5) is 5.69 Å². The lowest BCUT2D eigenvalue weighted by atomic mass is 9.76. The van der Waals surface area contributed by atoms with Crippen LogP contribution in [-0.4, -0.2) is 22.2 Å². The largest absolute Gasteiger partial charge is 0.477 e. The fraction of sp³-hybridized carbons (Fsp3) is 0.571. The molecule has 0 bridgehead atoms. The third-order valence-corrected chi connectivity index (χ3v) is 3.67. The molecule has 0 aliphatic heterocycles. The van der Waals surface area contributed by atoms with Crippen LogP contribution in [0.5, 0.6) is 5.88 Å². The van der Waals surface area contributed by atoms with Crippen LogP contribution in [0.25, 0.3) is 0 Å². The summed E-state index contributed by atoms with van der Waals surface area (Å²) in [5.74, 6) is -0.891. The minimum absolute atomic E-state index is 0.0323. The van der Waals surface area contributed by atoms with Crippen LogP contribution in [0.15, 0.2) is 12.3 Å². The zero-order chi connectivity index (χ0) is 14.0. The smallest absolute Gasteiger partial charge is 0.341 e. The van der Waals surface area contributed by atoms with Gasteiger partial charge in [0.25, 0.3) is 0 Å². The highest BCUT2D eigenvalue weighted by molar-refractivity contribution is 5.91. The van der Waals surface area contributed by atoms with Crippen LogP contribution >= 0.6 is 0 Å². The number of hydrogen-bond donors (Lipinski definition) is 2. The van der Waals surface area contributed by atoms with Gasteiger partial charge < -0.3 is 15.6 Å². The summed E-state index contributed by atoms with van der Waals surface area (Å²) in [6.07, 6.45) is 5.48. The first-order valence-corrected chi connectivity index (χ1v) is 6.53. The first-order chi connectivity index (χ1) is 8.87. The maximum Gasteiger partial charge on any atom is 0.341 e. The summed E-state index contributed by atoms with van der Waals surface area (Å²) in [5, 5.41) is 9.13. The van der Waals surface area contributed by atoms with Crippen molar-refractivity contribution >= 4 is 11.7 Å². The van der Waals surface area contributed by atoms with Gasteiger partial charge in [-0.25, -0.2) is 9.78 Å². The second-order valence-corrected chi connectivity index (χ2v) is 5.91. The number of nitrogens with two attached hydrogens (primary N) is 1. The van der Waals surface area contributed by atoms with Crippen molar-refractivity contribution in [1.29, 1.82) is 0 Å². The minimum Gasteiger partial charge on any atom is -0.477 e. The molecular weight excluding hydrogens is 244 g/mol. The Morgan fingerprint density at radius 2 is 2.11 bits per heavy atom. The summed E-state index contributed by atoms with van der Waals surface area (Å²) >= 11 is 0. The predicted octanol–water partition coefficient (Wildman–Crippen LogP) is 2.71. The lowest BCUT2D eigenvalue weighted by molar-refractivity contribution is 0.0669. The van der Waals surface area contributed by atoms with Gasteiger partial charge in [-0.2, -0.15) is 0 Å². The highest BCUT2D eigenvalue weighted by Gasteiger charge is 2.29. The predicted molar refractivity (Wildman–Crippen MR) is 72.3 cm³/mol. The molecule has 0 amide bonds. The van der Waals surface area contributed by atoms with Gasteiger partial charge in [0.1, 0.15) is 11.7 Å². The van der Waals surface area contributed by atoms with Gasteiger partial charge in [0.2, 0.25) is 5.88 Å². The van der Waals surface area contributed by atoms with E-state index in [1.54, 1.807) is 0 Å². The highest BCUT2D eigenvalue weighted by atomic mass is 16.5. The van der Waals surface area contributed by atoms with Crippen LogP contribution in [0.2, 0.25) is 0 Å². The van der Waals surface area contributed by atoms with Crippen molar-refractivity contribution in [1.82, 2.24) is 4.98 Å². The lowest BCUT2D eigenvalue weighted by Gasteiger charge is -2.34. The molecule has 0 radical (unpaired) electrons. The van der Waals surface area contributed by atoms with E-state index in [0.29, 0.717) is 11.1 Å². The summed E-state index contributed by atoms with van der Waals surface area (Å²) in [7, 11) is 0. The van der Waals surface area contributed by atoms with Gasteiger partial charge in [-0.15, -0.1) is 0 Å². The maximum atomic E-state index is 11.1. The first-order valence-electron chi connectivity index (χ1n) is 6.53. The van der Waals surface area contributed by atoms with E-state index in [2.05, 4.69) is 18.8 Å². The first kappa shape index (κ1) is 13.6. The van der Waals surface area contributed by atoms with Crippen molar-refractivity contribution in [3.63, 3.8) is 0 Å². The molecule has 0 unspecified atom stereocenters. The molecular formula is C14H20N2O3. The fourth-order valence-corrected chi connectivity index (χ4v) is 2.36. The third kappa shape index (κ3) is 3.36. The Balaban J connectivity index is 2.10. The number of hydrogen-bond acceptors (Lipinski definition) is 4. The number of pyridine rings is 1. The number of ether oxygens (including phenoxy) is 1. The number of aromatic carboxylic acids is 1. The third-order valence-electron chi connectivity index (χ3n) is 3.67. The second-order valence-electron chi connectivity index (χ2n) is 5.91. The molecule has 1 aliphatic carbocycles. The van der Waals surface area contributed by atoms with Crippen molar-refractivity contribution in [2.75, 3.05) is 5.73 Å². The van der Waals surface area contributed by atoms with Gasteiger partial charge in [-0.3, -0.25) is 0 Å². The standard InChI is InChI=1S/C14H20N2O3/c1-14(2)5-3-10(4-6-14)19-12-11(13(17)18)7-9(15)8-16-12/h7-8,10H,3-6,15H2,1-2H3,(H,17,18). The Labute approximate surface area is 112 Å². The molecule has 0 atom stereocenters. The second kappa shape index (κ2) is 5.07. The summed E-state index contributed by atoms with van der Waals surface area (Å²) in [6.45, 7) is 4.49. The van der Waals surface area contributed by atoms with Crippen LogP contribution in [-0.2, 0) is 0 Å². The molecule has 1 heterocycles. The summed E-state index contributed by atoms with van der Waals surface area (Å²) < 4.78 is 5.75. The van der Waals surface area contributed by atoms with E-state index in [1.165, 1.54) is 12.3 Å². The van der Waals surface area contributed by atoms with E-state index in [0.717, 1.165) is 25.7 Å². The van der Waals surface area contributed by atoms with E-state index in [-0.39, 0.29) is 17.5 Å². The number of carboxylic acid groups (broad SMARTS) is 1. The normalized spacial score (nSPS) is 19.1. The molecule has 5 heteroatoms. The van der Waals surface area contributed by atoms with E-state index in [9.17, 15) is 4.79 Å². The van der Waals surface area contributed by atoms with Gasteiger partial charge in [0.15, 0.2) is 0 Å². The molecule has 1 saturated carbocycles. The topological polar surface area (TPSA) is 85.4 Å². The molecule has 1 fully saturated rings. The van der Waals surface area contributed by atoms with Crippen LogP contribution in [0.3, 0.4) is 0 Å². The van der Waals surface area contributed by atoms with Crippen molar-refractivity contribution in [3.8, 4) is 5.88 Å². The van der Waals surface area contributed by atoms with E-state index < -0.39 is 5.97 Å². The summed E-state index contributed by atoms with van der Waals surface area (Å²) in [4.78, 5) is 15.1. The minimum atomic E-state index is -1.06. The molecule has 0 aromatic carbocycles. The Hall–Kier alpha value is -1.78. The van der Waals surface area contributed by atoms with E-state index in [1.807, 2.05) is 0 Å². The molecule has 0 spiro atoms. The van der Waals surface area contributed by atoms with Crippen molar-refractivity contribution < 1.29 is 14.6 Å². The Morgan fingerprint density at radius 1 is 1.47 bits per heavy atom. The molecule has 1 aliphatic rings. The number of anilines is 1. The molecule has 19 heavy (non-hydrogen) atoms. The number of carbonyl (C=O) groups is 1. The molecule has 0 saturated heterocycles. The number of nitrogen functional groups attached to an aromatic ring is 1. The van der Waals surface area contributed by atoms with Crippen molar-refractivity contribution in [2.45, 2.75) is 45.6 Å². The number of rotatable bonds is 3. The molecule has 104 valence electrons. The molecule has 1 aromatic heterocycles. The number of aromatic nitrogens is 1. The van der Waals surface area contributed by atoms with E-state index in [4.69, 9.17) is 15.6 Å². The van der Waals surface area contributed by atoms with Gasteiger partial charge >= 0.3 is 5.97 Å². The summed E-state index contributed by atoms with van der Waals surface area (Å²) in [5.41, 5.74) is 6.26. The van der Waals surface area contributed by atoms with E-state index >= 15 is 0 Å². The van der Waals surface area contributed by atoms with Gasteiger partial charge in [-0.1, -0.05) is 13.8 Å². The zero-order valence-corrected chi connectivity index (χ0v) is 11.3. The van der Waals surface area contributed by atoms with Gasteiger partial charge in [0.05, 0.1) is 11.9 Å². The number of nitrogens with zero attached hydrogens (tertiary/aromatic N) is 1. The average molecular weight is 264 g/mol. The molecule has 5 nitrogen and oxygen atoms in total. The van der Waals surface area contributed by atoms with Gasteiger partial charge in [-0.05, 0) is 37.2 Å². The summed E-state index contributed by atoms with van der Waals surface area (Å²) in [6, 6.07) is 1.39.